The second kappa shape index (κ2) is 4.22. The summed E-state index contributed by atoms with van der Waals surface area (Å²) in [7, 11) is 0. The zero-order valence-electron chi connectivity index (χ0n) is 7.97. The number of carboxylic acids is 1. The Hall–Kier alpha value is -1.04. The van der Waals surface area contributed by atoms with Crippen molar-refractivity contribution in [1.82, 2.24) is 0 Å². The highest BCUT2D eigenvalue weighted by molar-refractivity contribution is 7.99. The molecule has 1 heterocycles. The summed E-state index contributed by atoms with van der Waals surface area (Å²) in [6, 6.07) is 7.64. The van der Waals surface area contributed by atoms with Gasteiger partial charge in [0.15, 0.2) is 0 Å². The zero-order valence-corrected chi connectivity index (χ0v) is 8.79. The van der Waals surface area contributed by atoms with Crippen LogP contribution in [0.4, 0.5) is 0 Å². The Morgan fingerprint density at radius 2 is 2.33 bits per heavy atom. The summed E-state index contributed by atoms with van der Waals surface area (Å²) in [6.45, 7) is 0.362. The first-order valence-electron chi connectivity index (χ1n) is 4.66. The molecule has 1 aromatic rings. The lowest BCUT2D eigenvalue weighted by atomic mass is 10.2. The van der Waals surface area contributed by atoms with Crippen molar-refractivity contribution in [3.05, 3.63) is 35.0 Å². The minimum Gasteiger partial charge on any atom is -0.633 e. The van der Waals surface area contributed by atoms with Crippen LogP contribution in [-0.4, -0.2) is 16.4 Å². The van der Waals surface area contributed by atoms with Gasteiger partial charge < -0.3 is 15.4 Å². The van der Waals surface area contributed by atoms with E-state index in [2.05, 4.69) is 0 Å². The fraction of sp³-hybridized carbons (Fsp3) is 0.300. The Bertz CT molecular complexity index is 383. The molecular formula is C10H11NO3S. The van der Waals surface area contributed by atoms with E-state index < -0.39 is 11.3 Å². The maximum atomic E-state index is 11.6. The third-order valence-corrected chi connectivity index (χ3v) is 3.69. The van der Waals surface area contributed by atoms with E-state index in [1.807, 2.05) is 24.3 Å². The van der Waals surface area contributed by atoms with E-state index in [0.717, 1.165) is 10.5 Å². The number of hydrogen-bond acceptors (Lipinski definition) is 3. The van der Waals surface area contributed by atoms with Crippen LogP contribution in [0, 0.1) is 5.21 Å². The van der Waals surface area contributed by atoms with Crippen LogP contribution in [0.5, 0.6) is 0 Å². The predicted octanol–water partition coefficient (Wildman–Crippen LogP) is 0.476. The van der Waals surface area contributed by atoms with E-state index in [4.69, 9.17) is 5.11 Å². The van der Waals surface area contributed by atoms with Gasteiger partial charge in [-0.25, -0.2) is 0 Å². The number of fused-ring (bicyclic) bond motifs is 1. The quantitative estimate of drug-likeness (QED) is 0.718. The first-order chi connectivity index (χ1) is 7.16. The maximum absolute atomic E-state index is 11.6. The fourth-order valence-corrected chi connectivity index (χ4v) is 2.80. The van der Waals surface area contributed by atoms with Crippen molar-refractivity contribution in [3.8, 4) is 0 Å². The number of carboxylic acid groups (broad SMARTS) is 1. The van der Waals surface area contributed by atoms with Gasteiger partial charge >= 0.3 is 5.97 Å². The third kappa shape index (κ3) is 2.31. The molecule has 0 saturated carbocycles. The molecule has 1 aromatic carbocycles. The summed E-state index contributed by atoms with van der Waals surface area (Å²) in [5.41, 5.74) is 1.01. The summed E-state index contributed by atoms with van der Waals surface area (Å²) in [5, 5.41) is 19.9. The predicted molar refractivity (Wildman–Crippen MR) is 56.4 cm³/mol. The minimum atomic E-state index is -0.916. The lowest BCUT2D eigenvalue weighted by molar-refractivity contribution is -0.874. The van der Waals surface area contributed by atoms with E-state index in [1.165, 1.54) is 11.8 Å². The Labute approximate surface area is 91.5 Å². The molecule has 1 aliphatic rings. The van der Waals surface area contributed by atoms with E-state index in [9.17, 15) is 10.0 Å². The number of quaternary nitrogens is 1. The molecule has 2 atom stereocenters. The molecule has 0 radical (unpaired) electrons. The van der Waals surface area contributed by atoms with Gasteiger partial charge in [0, 0.05) is 10.5 Å². The zero-order chi connectivity index (χ0) is 10.8. The van der Waals surface area contributed by atoms with Crippen LogP contribution in [-0.2, 0) is 11.3 Å². The van der Waals surface area contributed by atoms with Gasteiger partial charge in [-0.1, -0.05) is 30.0 Å². The van der Waals surface area contributed by atoms with Crippen LogP contribution < -0.4 is 5.06 Å². The molecule has 15 heavy (non-hydrogen) atoms. The van der Waals surface area contributed by atoms with Crippen molar-refractivity contribution in [1.29, 1.82) is 0 Å². The van der Waals surface area contributed by atoms with Gasteiger partial charge in [-0.3, -0.25) is 4.79 Å². The van der Waals surface area contributed by atoms with Crippen LogP contribution in [0.2, 0.25) is 0 Å². The average Bonchev–Trinajstić information content (AvgIpc) is 2.18. The molecule has 4 nitrogen and oxygen atoms in total. The highest BCUT2D eigenvalue weighted by Gasteiger charge is 2.27. The molecule has 2 unspecified atom stereocenters. The number of carbonyl (C=O) groups is 1. The topological polar surface area (TPSA) is 64.8 Å². The SMILES string of the molecule is O=C(O)CC1Sc2ccccc2C[NH+]1[O-]. The first kappa shape index (κ1) is 10.5. The number of benzene rings is 1. The van der Waals surface area contributed by atoms with Crippen molar-refractivity contribution < 1.29 is 15.0 Å². The molecule has 0 bridgehead atoms. The second-order valence-electron chi connectivity index (χ2n) is 3.46. The molecule has 2 rings (SSSR count). The van der Waals surface area contributed by atoms with Crippen molar-refractivity contribution in [2.75, 3.05) is 0 Å². The number of nitrogens with one attached hydrogen (secondary N) is 1. The van der Waals surface area contributed by atoms with Crippen molar-refractivity contribution in [3.63, 3.8) is 0 Å². The number of thioether (sulfide) groups is 1. The molecule has 0 spiro atoms. The Morgan fingerprint density at radius 1 is 1.60 bits per heavy atom. The Kier molecular flexibility index (Phi) is 2.95. The van der Waals surface area contributed by atoms with Crippen LogP contribution >= 0.6 is 11.8 Å². The number of hydroxylamine groups is 2. The molecule has 1 aliphatic heterocycles. The summed E-state index contributed by atoms with van der Waals surface area (Å²) in [5.74, 6) is -0.916. The standard InChI is InChI=1S/C10H11NO3S/c12-10(13)5-9-11(14)6-7-3-1-2-4-8(7)15-9/h1-4,9,11H,5-6H2,(H,12,13). The molecular weight excluding hydrogens is 214 g/mol. The summed E-state index contributed by atoms with van der Waals surface area (Å²) < 4.78 is 0. The first-order valence-corrected chi connectivity index (χ1v) is 5.54. The summed E-state index contributed by atoms with van der Waals surface area (Å²) in [6.07, 6.45) is -0.0855. The van der Waals surface area contributed by atoms with Crippen molar-refractivity contribution in [2.24, 2.45) is 0 Å². The third-order valence-electron chi connectivity index (χ3n) is 2.33. The van der Waals surface area contributed by atoms with Gasteiger partial charge in [-0.05, 0) is 6.07 Å². The van der Waals surface area contributed by atoms with Gasteiger partial charge in [-0.2, -0.15) is 0 Å². The van der Waals surface area contributed by atoms with Gasteiger partial charge in [-0.15, -0.1) is 0 Å². The lowest BCUT2D eigenvalue weighted by Crippen LogP contribution is -3.10. The van der Waals surface area contributed by atoms with Gasteiger partial charge in [0.25, 0.3) is 0 Å². The largest absolute Gasteiger partial charge is 0.633 e. The Balaban J connectivity index is 2.18. The fourth-order valence-electron chi connectivity index (χ4n) is 1.60. The van der Waals surface area contributed by atoms with Gasteiger partial charge in [0.2, 0.25) is 0 Å². The molecule has 0 fully saturated rings. The number of hydrogen-bond donors (Lipinski definition) is 2. The molecule has 5 heteroatoms. The molecule has 0 saturated heterocycles. The Morgan fingerprint density at radius 3 is 3.07 bits per heavy atom. The highest BCUT2D eigenvalue weighted by atomic mass is 32.2. The van der Waals surface area contributed by atoms with Gasteiger partial charge in [0.05, 0.1) is 0 Å². The van der Waals surface area contributed by atoms with Crippen molar-refractivity contribution in [2.45, 2.75) is 23.2 Å². The van der Waals surface area contributed by atoms with Crippen molar-refractivity contribution >= 4 is 17.7 Å². The van der Waals surface area contributed by atoms with Gasteiger partial charge in [0.1, 0.15) is 18.3 Å². The van der Waals surface area contributed by atoms with E-state index >= 15 is 0 Å². The highest BCUT2D eigenvalue weighted by Crippen LogP contribution is 2.28. The van der Waals surface area contributed by atoms with Crippen LogP contribution in [0.3, 0.4) is 0 Å². The monoisotopic (exact) mass is 225 g/mol. The summed E-state index contributed by atoms with van der Waals surface area (Å²) >= 11 is 1.36. The normalized spacial score (nSPS) is 24.6. The van der Waals surface area contributed by atoms with Crippen LogP contribution in [0.15, 0.2) is 29.2 Å². The smallest absolute Gasteiger partial charge is 0.310 e. The minimum absolute atomic E-state index is 0.0149. The molecule has 0 aromatic heterocycles. The van der Waals surface area contributed by atoms with Crippen LogP contribution in [0.25, 0.3) is 0 Å². The molecule has 80 valence electrons. The van der Waals surface area contributed by atoms with E-state index in [0.29, 0.717) is 6.54 Å². The van der Waals surface area contributed by atoms with E-state index in [1.54, 1.807) is 0 Å². The second-order valence-corrected chi connectivity index (χ2v) is 4.70. The number of rotatable bonds is 2. The average molecular weight is 225 g/mol. The lowest BCUT2D eigenvalue weighted by Gasteiger charge is -2.34. The maximum Gasteiger partial charge on any atom is 0.310 e. The molecule has 0 aliphatic carbocycles. The molecule has 2 N–H and O–H groups in total. The van der Waals surface area contributed by atoms with E-state index in [-0.39, 0.29) is 11.5 Å². The number of aliphatic carboxylic acids is 1. The van der Waals surface area contributed by atoms with Crippen LogP contribution in [0.1, 0.15) is 12.0 Å². The summed E-state index contributed by atoms with van der Waals surface area (Å²) in [4.78, 5) is 11.6. The molecule has 0 amide bonds.